The molecule has 0 aromatic carbocycles. The van der Waals surface area contributed by atoms with Crippen LogP contribution in [-0.4, -0.2) is 45.0 Å². The Bertz CT molecular complexity index is 438. The molecule has 1 aliphatic carbocycles. The lowest BCUT2D eigenvalue weighted by atomic mass is 9.86. The van der Waals surface area contributed by atoms with Gasteiger partial charge in [-0.3, -0.25) is 9.59 Å². The van der Waals surface area contributed by atoms with Gasteiger partial charge in [-0.25, -0.2) is 0 Å². The Morgan fingerprint density at radius 2 is 2.04 bits per heavy atom. The molecule has 0 saturated heterocycles. The van der Waals surface area contributed by atoms with Crippen LogP contribution in [0.1, 0.15) is 64.7 Å². The van der Waals surface area contributed by atoms with E-state index in [1.807, 2.05) is 6.08 Å². The highest BCUT2D eigenvalue weighted by molar-refractivity contribution is 8.02. The molecule has 0 aliphatic heterocycles. The van der Waals surface area contributed by atoms with E-state index in [2.05, 4.69) is 6.92 Å². The Hall–Kier alpha value is -0.850. The van der Waals surface area contributed by atoms with Crippen molar-refractivity contribution in [2.75, 3.05) is 5.75 Å². The van der Waals surface area contributed by atoms with Crippen molar-refractivity contribution in [3.05, 3.63) is 11.5 Å². The molecule has 5 nitrogen and oxygen atoms in total. The van der Waals surface area contributed by atoms with Gasteiger partial charge >= 0.3 is 5.97 Å². The second kappa shape index (κ2) is 12.5. The number of unbranched alkanes of at least 4 members (excludes halogenated alkanes) is 1. The molecule has 1 rings (SSSR count). The fourth-order valence-corrected chi connectivity index (χ4v) is 4.00. The Morgan fingerprint density at radius 3 is 2.72 bits per heavy atom. The summed E-state index contributed by atoms with van der Waals surface area (Å²) in [6.07, 6.45) is 7.99. The number of carboxylic acid groups (broad SMARTS) is 1. The number of hydrogen-bond acceptors (Lipinski definition) is 5. The zero-order valence-corrected chi connectivity index (χ0v) is 15.9. The SMILES string of the molecule is CCCCC(O)CCC[C@H]1[C@H](O)CC(=O)[C@@H]1CCC=CSCC(=O)O. The molecule has 0 bridgehead atoms. The zero-order chi connectivity index (χ0) is 18.7. The van der Waals surface area contributed by atoms with Crippen LogP contribution in [0.3, 0.4) is 0 Å². The van der Waals surface area contributed by atoms with Crippen molar-refractivity contribution in [1.82, 2.24) is 0 Å². The summed E-state index contributed by atoms with van der Waals surface area (Å²) in [5, 5.41) is 30.4. The fourth-order valence-electron chi connectivity index (χ4n) is 3.49. The van der Waals surface area contributed by atoms with E-state index in [0.717, 1.165) is 38.5 Å². The summed E-state index contributed by atoms with van der Waals surface area (Å²) in [5.74, 6) is -0.788. The van der Waals surface area contributed by atoms with Crippen LogP contribution in [0.25, 0.3) is 0 Å². The number of aliphatic carboxylic acids is 1. The van der Waals surface area contributed by atoms with Gasteiger partial charge in [-0.1, -0.05) is 32.3 Å². The summed E-state index contributed by atoms with van der Waals surface area (Å²) < 4.78 is 0. The highest BCUT2D eigenvalue weighted by atomic mass is 32.2. The number of allylic oxidation sites excluding steroid dienone is 1. The largest absolute Gasteiger partial charge is 0.481 e. The third kappa shape index (κ3) is 8.88. The fraction of sp³-hybridized carbons (Fsp3) is 0.789. The van der Waals surface area contributed by atoms with E-state index >= 15 is 0 Å². The maximum absolute atomic E-state index is 12.1. The van der Waals surface area contributed by atoms with E-state index in [0.29, 0.717) is 12.8 Å². The number of rotatable bonds is 13. The van der Waals surface area contributed by atoms with Gasteiger partial charge < -0.3 is 15.3 Å². The Morgan fingerprint density at radius 1 is 1.32 bits per heavy atom. The number of Topliss-reactive ketones (excluding diaryl/α,β-unsaturated/α-hetero) is 1. The van der Waals surface area contributed by atoms with Crippen LogP contribution >= 0.6 is 11.8 Å². The lowest BCUT2D eigenvalue weighted by molar-refractivity contribution is -0.133. The van der Waals surface area contributed by atoms with Crippen LogP contribution < -0.4 is 0 Å². The Balaban J connectivity index is 2.34. The Labute approximate surface area is 154 Å². The van der Waals surface area contributed by atoms with Gasteiger partial charge in [0.2, 0.25) is 0 Å². The van der Waals surface area contributed by atoms with Gasteiger partial charge in [0.05, 0.1) is 18.0 Å². The van der Waals surface area contributed by atoms with Crippen molar-refractivity contribution in [3.8, 4) is 0 Å². The standard InChI is InChI=1S/C19H32O5S/c1-2-3-7-14(20)8-6-10-16-15(17(21)12-18(16)22)9-4-5-11-25-13-19(23)24/h5,11,14-16,18,20,22H,2-4,6-10,12-13H2,1H3,(H,23,24)/t14?,15-,16-,18-/m1/s1. The molecule has 0 radical (unpaired) electrons. The van der Waals surface area contributed by atoms with E-state index in [1.54, 1.807) is 5.41 Å². The van der Waals surface area contributed by atoms with Crippen molar-refractivity contribution >= 4 is 23.5 Å². The molecule has 0 amide bonds. The van der Waals surface area contributed by atoms with Gasteiger partial charge in [0.25, 0.3) is 0 Å². The van der Waals surface area contributed by atoms with E-state index < -0.39 is 12.1 Å². The highest BCUT2D eigenvalue weighted by Gasteiger charge is 2.40. The second-order valence-electron chi connectivity index (χ2n) is 6.89. The molecule has 1 fully saturated rings. The first-order valence-corrected chi connectivity index (χ1v) is 10.4. The summed E-state index contributed by atoms with van der Waals surface area (Å²) in [6, 6.07) is 0. The first-order valence-electron chi connectivity index (χ1n) is 9.33. The Kier molecular flexibility index (Phi) is 11.1. The average molecular weight is 373 g/mol. The number of aliphatic hydroxyl groups excluding tert-OH is 2. The molecule has 4 atom stereocenters. The lowest BCUT2D eigenvalue weighted by Crippen LogP contribution is -2.21. The van der Waals surface area contributed by atoms with Crippen molar-refractivity contribution in [3.63, 3.8) is 0 Å². The topological polar surface area (TPSA) is 94.8 Å². The van der Waals surface area contributed by atoms with Crippen molar-refractivity contribution in [2.45, 2.75) is 76.9 Å². The number of ketones is 1. The minimum Gasteiger partial charge on any atom is -0.481 e. The number of carboxylic acids is 1. The molecule has 0 heterocycles. The highest BCUT2D eigenvalue weighted by Crippen LogP contribution is 2.36. The summed E-state index contributed by atoms with van der Waals surface area (Å²) in [6.45, 7) is 2.10. The molecule has 6 heteroatoms. The monoisotopic (exact) mass is 372 g/mol. The maximum Gasteiger partial charge on any atom is 0.313 e. The van der Waals surface area contributed by atoms with E-state index in [1.165, 1.54) is 11.8 Å². The predicted molar refractivity (Wildman–Crippen MR) is 100 cm³/mol. The lowest BCUT2D eigenvalue weighted by Gasteiger charge is -2.21. The van der Waals surface area contributed by atoms with Gasteiger partial charge in [0, 0.05) is 12.3 Å². The van der Waals surface area contributed by atoms with Crippen LogP contribution in [0.15, 0.2) is 11.5 Å². The summed E-state index contributed by atoms with van der Waals surface area (Å²) in [5.41, 5.74) is 0. The smallest absolute Gasteiger partial charge is 0.313 e. The van der Waals surface area contributed by atoms with Gasteiger partial charge in [-0.05, 0) is 43.4 Å². The molecular weight excluding hydrogens is 340 g/mol. The molecule has 0 spiro atoms. The number of carbonyl (C=O) groups is 2. The van der Waals surface area contributed by atoms with Crippen LogP contribution in [0.4, 0.5) is 0 Å². The molecule has 0 aromatic heterocycles. The number of hydrogen-bond donors (Lipinski definition) is 3. The van der Waals surface area contributed by atoms with E-state index in [-0.39, 0.29) is 35.9 Å². The summed E-state index contributed by atoms with van der Waals surface area (Å²) in [7, 11) is 0. The second-order valence-corrected chi connectivity index (χ2v) is 7.78. The molecule has 1 aliphatic rings. The molecule has 25 heavy (non-hydrogen) atoms. The van der Waals surface area contributed by atoms with Crippen LogP contribution in [0.5, 0.6) is 0 Å². The number of thioether (sulfide) groups is 1. The molecule has 1 unspecified atom stereocenters. The van der Waals surface area contributed by atoms with Crippen LogP contribution in [0, 0.1) is 11.8 Å². The molecule has 0 aromatic rings. The van der Waals surface area contributed by atoms with Gasteiger partial charge in [0.1, 0.15) is 5.78 Å². The van der Waals surface area contributed by atoms with Gasteiger partial charge in [0.15, 0.2) is 0 Å². The van der Waals surface area contributed by atoms with Gasteiger partial charge in [-0.15, -0.1) is 11.8 Å². The van der Waals surface area contributed by atoms with Crippen molar-refractivity contribution in [2.24, 2.45) is 11.8 Å². The van der Waals surface area contributed by atoms with Crippen molar-refractivity contribution in [1.29, 1.82) is 0 Å². The van der Waals surface area contributed by atoms with Gasteiger partial charge in [-0.2, -0.15) is 0 Å². The van der Waals surface area contributed by atoms with Crippen molar-refractivity contribution < 1.29 is 24.9 Å². The third-order valence-electron chi connectivity index (χ3n) is 4.84. The zero-order valence-electron chi connectivity index (χ0n) is 15.1. The molecular formula is C19H32O5S. The first kappa shape index (κ1) is 22.2. The maximum atomic E-state index is 12.1. The first-order chi connectivity index (χ1) is 12.0. The minimum absolute atomic E-state index is 0.00838. The van der Waals surface area contributed by atoms with Crippen LogP contribution in [-0.2, 0) is 9.59 Å². The normalized spacial score (nSPS) is 24.9. The molecule has 3 N–H and O–H groups in total. The third-order valence-corrected chi connectivity index (χ3v) is 5.64. The van der Waals surface area contributed by atoms with Crippen LogP contribution in [0.2, 0.25) is 0 Å². The predicted octanol–water partition coefficient (Wildman–Crippen LogP) is 3.39. The quantitative estimate of drug-likeness (QED) is 0.459. The number of carbonyl (C=O) groups excluding carboxylic acids is 1. The molecule has 144 valence electrons. The summed E-state index contributed by atoms with van der Waals surface area (Å²) in [4.78, 5) is 22.6. The minimum atomic E-state index is -0.843. The summed E-state index contributed by atoms with van der Waals surface area (Å²) >= 11 is 1.23. The van der Waals surface area contributed by atoms with E-state index in [9.17, 15) is 19.8 Å². The van der Waals surface area contributed by atoms with E-state index in [4.69, 9.17) is 5.11 Å². The number of aliphatic hydroxyl groups is 2. The average Bonchev–Trinajstić information content (AvgIpc) is 2.82. The molecule has 1 saturated carbocycles.